The number of rotatable bonds is 15. The van der Waals surface area contributed by atoms with Gasteiger partial charge in [-0.3, -0.25) is 4.79 Å². The van der Waals surface area contributed by atoms with E-state index in [9.17, 15) is 41.0 Å². The van der Waals surface area contributed by atoms with Crippen molar-refractivity contribution in [2.75, 3.05) is 6.54 Å². The summed E-state index contributed by atoms with van der Waals surface area (Å²) in [5, 5.41) is 12.1. The van der Waals surface area contributed by atoms with Gasteiger partial charge < -0.3 is 15.2 Å². The maximum atomic E-state index is 13.9. The van der Waals surface area contributed by atoms with Gasteiger partial charge >= 0.3 is 18.3 Å². The van der Waals surface area contributed by atoms with Gasteiger partial charge in [0.25, 0.3) is 5.91 Å². The number of carboxylic acid groups (broad SMARTS) is 1. The predicted octanol–water partition coefficient (Wildman–Crippen LogP) is 11.3. The van der Waals surface area contributed by atoms with E-state index in [0.717, 1.165) is 56.4 Å². The number of hydrogen-bond acceptors (Lipinski definition) is 3. The van der Waals surface area contributed by atoms with Crippen molar-refractivity contribution >= 4 is 11.9 Å². The Morgan fingerprint density at radius 2 is 1.13 bits per heavy atom. The average molecular weight is 734 g/mol. The Hall–Kier alpha value is -5.58. The lowest BCUT2D eigenvalue weighted by Crippen LogP contribution is -2.24. The average Bonchev–Trinajstić information content (AvgIpc) is 3.14. The molecule has 0 aromatic heterocycles. The molecule has 276 valence electrons. The van der Waals surface area contributed by atoms with Crippen LogP contribution in [0, 0.1) is 0 Å². The largest absolute Gasteiger partial charge is 0.488 e. The number of unbranched alkanes of at least 4 members (excludes halogenated alkanes) is 4. The highest BCUT2D eigenvalue weighted by molar-refractivity contribution is 5.99. The Labute approximate surface area is 303 Å². The normalized spacial score (nSPS) is 11.7. The molecule has 2 N–H and O–H groups in total. The summed E-state index contributed by atoms with van der Waals surface area (Å²) in [7, 11) is 0. The summed E-state index contributed by atoms with van der Waals surface area (Å²) in [5.41, 5.74) is 0.0139. The summed E-state index contributed by atoms with van der Waals surface area (Å²) in [6.07, 6.45) is -3.86. The molecule has 0 aliphatic carbocycles. The number of amides is 1. The fraction of sp³-hybridized carbons (Fsp3) is 0.238. The lowest BCUT2D eigenvalue weighted by molar-refractivity contribution is -0.138. The van der Waals surface area contributed by atoms with E-state index in [1.54, 1.807) is 0 Å². The van der Waals surface area contributed by atoms with E-state index in [4.69, 9.17) is 4.74 Å². The second kappa shape index (κ2) is 17.3. The molecule has 5 aromatic carbocycles. The first-order chi connectivity index (χ1) is 25.3. The van der Waals surface area contributed by atoms with Gasteiger partial charge in [-0.15, -0.1) is 0 Å². The number of ether oxygens (including phenoxy) is 1. The predicted molar refractivity (Wildman–Crippen MR) is 191 cm³/mol. The first-order valence-electron chi connectivity index (χ1n) is 17.1. The number of aromatic carboxylic acids is 1. The molecule has 0 fully saturated rings. The maximum absolute atomic E-state index is 13.9. The number of carbonyl (C=O) groups is 2. The minimum absolute atomic E-state index is 0.0153. The molecule has 0 saturated carbocycles. The Balaban J connectivity index is 1.46. The van der Waals surface area contributed by atoms with Gasteiger partial charge in [-0.25, -0.2) is 4.79 Å². The first kappa shape index (κ1) is 38.6. The Kier molecular flexibility index (Phi) is 12.6. The van der Waals surface area contributed by atoms with Crippen LogP contribution in [0.1, 0.15) is 75.1 Å². The molecule has 1 amide bonds. The van der Waals surface area contributed by atoms with Crippen molar-refractivity contribution in [3.05, 3.63) is 149 Å². The van der Waals surface area contributed by atoms with Crippen molar-refractivity contribution in [1.82, 2.24) is 5.32 Å². The van der Waals surface area contributed by atoms with Gasteiger partial charge in [-0.1, -0.05) is 86.0 Å². The second-order valence-electron chi connectivity index (χ2n) is 12.6. The fourth-order valence-corrected chi connectivity index (χ4v) is 5.90. The monoisotopic (exact) mass is 733 g/mol. The molecule has 0 atom stereocenters. The topological polar surface area (TPSA) is 75.6 Å². The van der Waals surface area contributed by atoms with E-state index in [1.165, 1.54) is 66.2 Å². The molecule has 5 nitrogen and oxygen atoms in total. The fourth-order valence-electron chi connectivity index (χ4n) is 5.90. The van der Waals surface area contributed by atoms with Crippen LogP contribution in [0.15, 0.2) is 115 Å². The van der Waals surface area contributed by atoms with Crippen molar-refractivity contribution in [2.24, 2.45) is 0 Å². The van der Waals surface area contributed by atoms with Gasteiger partial charge in [-0.2, -0.15) is 26.3 Å². The molecule has 0 unspecified atom stereocenters. The van der Waals surface area contributed by atoms with E-state index in [1.807, 2.05) is 18.2 Å². The highest BCUT2D eigenvalue weighted by atomic mass is 19.4. The third-order valence-corrected chi connectivity index (χ3v) is 8.71. The number of hydrogen-bond donors (Lipinski definition) is 2. The number of carboxylic acids is 1. The van der Waals surface area contributed by atoms with Crippen LogP contribution < -0.4 is 10.1 Å². The van der Waals surface area contributed by atoms with E-state index < -0.39 is 35.4 Å². The SMILES string of the molecule is O=C(O)c1ccc(COc2c(-c3cccc(C(F)(F)F)c3)cc(C(=O)NCCCCCCCc3ccccc3)cc2-c2cccc(C(F)(F)F)c2)cc1. The summed E-state index contributed by atoms with van der Waals surface area (Å²) in [4.78, 5) is 24.9. The minimum atomic E-state index is -4.71. The highest BCUT2D eigenvalue weighted by Crippen LogP contribution is 2.43. The van der Waals surface area contributed by atoms with Crippen LogP contribution in [0.5, 0.6) is 5.75 Å². The molecule has 0 spiro atoms. The van der Waals surface area contributed by atoms with Gasteiger partial charge in [0.2, 0.25) is 0 Å². The second-order valence-corrected chi connectivity index (χ2v) is 12.6. The first-order valence-corrected chi connectivity index (χ1v) is 17.1. The molecule has 5 rings (SSSR count). The third kappa shape index (κ3) is 10.7. The third-order valence-electron chi connectivity index (χ3n) is 8.71. The molecule has 0 aliphatic rings. The zero-order chi connectivity index (χ0) is 38.0. The number of halogens is 6. The van der Waals surface area contributed by atoms with Crippen LogP contribution in [0.25, 0.3) is 22.3 Å². The van der Waals surface area contributed by atoms with Crippen molar-refractivity contribution in [1.29, 1.82) is 0 Å². The zero-order valence-corrected chi connectivity index (χ0v) is 28.6. The van der Waals surface area contributed by atoms with Gasteiger partial charge in [0.1, 0.15) is 12.4 Å². The summed E-state index contributed by atoms with van der Waals surface area (Å²) < 4.78 is 89.3. The standard InChI is InChI=1S/C42H37F6NO4/c43-41(44,45)34-16-9-14-31(23-34)36-25-33(39(50)49-22-8-3-1-2-5-11-28-12-6-4-7-13-28)26-37(32-15-10-17-35(24-32)42(46,47)48)38(36)53-27-29-18-20-30(21-19-29)40(51)52/h4,6-7,9-10,12-21,23-26H,1-3,5,8,11,22,27H2,(H,49,50)(H,51,52). The number of carbonyl (C=O) groups excluding carboxylic acids is 1. The van der Waals surface area contributed by atoms with Crippen molar-refractivity contribution in [2.45, 2.75) is 57.5 Å². The molecule has 11 heteroatoms. The number of alkyl halides is 6. The smallest absolute Gasteiger partial charge is 0.416 e. The molecule has 0 saturated heterocycles. The number of benzene rings is 5. The van der Waals surface area contributed by atoms with Crippen LogP contribution in [0.3, 0.4) is 0 Å². The lowest BCUT2D eigenvalue weighted by atomic mass is 9.92. The van der Waals surface area contributed by atoms with Crippen LogP contribution in [-0.2, 0) is 25.4 Å². The van der Waals surface area contributed by atoms with E-state index in [2.05, 4.69) is 17.4 Å². The molecule has 0 radical (unpaired) electrons. The van der Waals surface area contributed by atoms with Gasteiger partial charge in [0.05, 0.1) is 16.7 Å². The summed E-state index contributed by atoms with van der Waals surface area (Å²) in [6.45, 7) is 0.106. The molecule has 0 aliphatic heterocycles. The Bertz CT molecular complexity index is 1930. The number of nitrogens with one attached hydrogen (secondary N) is 1. The quantitative estimate of drug-likeness (QED) is 0.0830. The van der Waals surface area contributed by atoms with Gasteiger partial charge in [-0.05, 0) is 90.0 Å². The molecular formula is C42H37F6NO4. The molecular weight excluding hydrogens is 696 g/mol. The van der Waals surface area contributed by atoms with E-state index in [0.29, 0.717) is 18.5 Å². The van der Waals surface area contributed by atoms with Gasteiger partial charge in [0, 0.05) is 23.2 Å². The van der Waals surface area contributed by atoms with Crippen LogP contribution in [-0.4, -0.2) is 23.5 Å². The van der Waals surface area contributed by atoms with Gasteiger partial charge in [0.15, 0.2) is 0 Å². The molecule has 0 bridgehead atoms. The van der Waals surface area contributed by atoms with Crippen molar-refractivity contribution in [3.8, 4) is 28.0 Å². The lowest BCUT2D eigenvalue weighted by Gasteiger charge is -2.20. The van der Waals surface area contributed by atoms with Crippen LogP contribution >= 0.6 is 0 Å². The van der Waals surface area contributed by atoms with Crippen LogP contribution in [0.2, 0.25) is 0 Å². The van der Waals surface area contributed by atoms with Crippen molar-refractivity contribution in [3.63, 3.8) is 0 Å². The summed E-state index contributed by atoms with van der Waals surface area (Å²) >= 11 is 0. The minimum Gasteiger partial charge on any atom is -0.488 e. The van der Waals surface area contributed by atoms with E-state index >= 15 is 0 Å². The van der Waals surface area contributed by atoms with Crippen LogP contribution in [0.4, 0.5) is 26.3 Å². The molecule has 5 aromatic rings. The summed E-state index contributed by atoms with van der Waals surface area (Å²) in [5.74, 6) is -1.76. The molecule has 0 heterocycles. The Morgan fingerprint density at radius 3 is 1.68 bits per heavy atom. The van der Waals surface area contributed by atoms with Crippen molar-refractivity contribution < 1.29 is 45.8 Å². The number of aryl methyl sites for hydroxylation is 1. The Morgan fingerprint density at radius 1 is 0.585 bits per heavy atom. The molecule has 53 heavy (non-hydrogen) atoms. The zero-order valence-electron chi connectivity index (χ0n) is 28.6. The summed E-state index contributed by atoms with van der Waals surface area (Å²) in [6, 6.07) is 27.3. The van der Waals surface area contributed by atoms with E-state index in [-0.39, 0.29) is 45.7 Å². The highest BCUT2D eigenvalue weighted by Gasteiger charge is 2.32. The maximum Gasteiger partial charge on any atom is 0.416 e.